The fraction of sp³-hybridized carbons (Fsp3) is 0.130. The second kappa shape index (κ2) is 9.76. The molecule has 0 aliphatic carbocycles. The molecule has 2 N–H and O–H groups in total. The summed E-state index contributed by atoms with van der Waals surface area (Å²) in [6, 6.07) is 24.2. The zero-order valence-electron chi connectivity index (χ0n) is 15.6. The molecule has 0 fully saturated rings. The minimum absolute atomic E-state index is 0.123. The van der Waals surface area contributed by atoms with Gasteiger partial charge in [-0.1, -0.05) is 42.5 Å². The highest BCUT2D eigenvalue weighted by atomic mass is 32.2. The van der Waals surface area contributed by atoms with E-state index >= 15 is 0 Å². The molecule has 0 unspecified atom stereocenters. The molecular weight excluding hydrogens is 368 g/mol. The number of amides is 2. The lowest BCUT2D eigenvalue weighted by molar-refractivity contribution is 0.0950. The van der Waals surface area contributed by atoms with Crippen molar-refractivity contribution in [2.45, 2.75) is 12.3 Å². The van der Waals surface area contributed by atoms with Gasteiger partial charge in [-0.25, -0.2) is 0 Å². The summed E-state index contributed by atoms with van der Waals surface area (Å²) in [5.41, 5.74) is 3.94. The third kappa shape index (κ3) is 5.47. The van der Waals surface area contributed by atoms with Crippen LogP contribution in [0.25, 0.3) is 0 Å². The Labute approximate surface area is 169 Å². The molecule has 0 heterocycles. The quantitative estimate of drug-likeness (QED) is 0.613. The maximum absolute atomic E-state index is 12.4. The van der Waals surface area contributed by atoms with Gasteiger partial charge in [-0.3, -0.25) is 9.59 Å². The summed E-state index contributed by atoms with van der Waals surface area (Å²) in [5, 5.41) is 5.79. The van der Waals surface area contributed by atoms with Crippen LogP contribution in [0, 0.1) is 0 Å². The molecule has 0 saturated heterocycles. The Morgan fingerprint density at radius 1 is 0.786 bits per heavy atom. The molecule has 0 spiro atoms. The van der Waals surface area contributed by atoms with Gasteiger partial charge in [0.25, 0.3) is 11.8 Å². The van der Waals surface area contributed by atoms with Crippen molar-refractivity contribution < 1.29 is 9.59 Å². The van der Waals surface area contributed by atoms with E-state index in [0.717, 1.165) is 22.6 Å². The minimum Gasteiger partial charge on any atom is -0.348 e. The molecule has 3 aromatic rings. The van der Waals surface area contributed by atoms with E-state index in [1.54, 1.807) is 23.9 Å². The average molecular weight is 391 g/mol. The molecule has 0 atom stereocenters. The largest absolute Gasteiger partial charge is 0.348 e. The van der Waals surface area contributed by atoms with Gasteiger partial charge in [-0.15, -0.1) is 0 Å². The van der Waals surface area contributed by atoms with Gasteiger partial charge in [0.05, 0.1) is 0 Å². The zero-order chi connectivity index (χ0) is 19.8. The molecule has 4 nitrogen and oxygen atoms in total. The Kier molecular flexibility index (Phi) is 6.87. The first-order chi connectivity index (χ1) is 13.7. The van der Waals surface area contributed by atoms with Crippen LogP contribution in [0.4, 0.5) is 5.69 Å². The number of carbonyl (C=O) groups is 2. The number of carbonyl (C=O) groups excluding carboxylic acids is 2. The van der Waals surface area contributed by atoms with Crippen molar-refractivity contribution >= 4 is 29.3 Å². The number of anilines is 1. The Morgan fingerprint density at radius 2 is 1.43 bits per heavy atom. The maximum Gasteiger partial charge on any atom is 0.255 e. The molecule has 3 aromatic carbocycles. The molecule has 28 heavy (non-hydrogen) atoms. The molecule has 3 rings (SSSR count). The molecule has 0 aromatic heterocycles. The first kappa shape index (κ1) is 19.7. The molecule has 142 valence electrons. The number of hydrogen-bond donors (Lipinski definition) is 2. The summed E-state index contributed by atoms with van der Waals surface area (Å²) in [5.74, 6) is 0.575. The topological polar surface area (TPSA) is 58.2 Å². The Morgan fingerprint density at radius 3 is 2.14 bits per heavy atom. The van der Waals surface area contributed by atoms with Crippen LogP contribution in [0.5, 0.6) is 0 Å². The highest BCUT2D eigenvalue weighted by molar-refractivity contribution is 7.97. The van der Waals surface area contributed by atoms with Gasteiger partial charge in [-0.05, 0) is 53.8 Å². The third-order valence-electron chi connectivity index (χ3n) is 4.17. The van der Waals surface area contributed by atoms with Gasteiger partial charge in [-0.2, -0.15) is 11.8 Å². The molecule has 0 saturated carbocycles. The summed E-state index contributed by atoms with van der Waals surface area (Å²) >= 11 is 1.72. The van der Waals surface area contributed by atoms with Crippen LogP contribution in [-0.4, -0.2) is 18.1 Å². The summed E-state index contributed by atoms with van der Waals surface area (Å²) in [6.07, 6.45) is 2.04. The predicted octanol–water partition coefficient (Wildman–Crippen LogP) is 4.73. The highest BCUT2D eigenvalue weighted by Gasteiger charge is 2.09. The highest BCUT2D eigenvalue weighted by Crippen LogP contribution is 2.13. The Hall–Kier alpha value is -3.05. The predicted molar refractivity (Wildman–Crippen MR) is 116 cm³/mol. The van der Waals surface area contributed by atoms with Crippen molar-refractivity contribution in [3.8, 4) is 0 Å². The maximum atomic E-state index is 12.4. The van der Waals surface area contributed by atoms with Gasteiger partial charge in [0.2, 0.25) is 0 Å². The van der Waals surface area contributed by atoms with Crippen LogP contribution in [0.3, 0.4) is 0 Å². The SMILES string of the molecule is CSCc1cccc(C(=O)NCc2cccc(C(=O)Nc3ccccc3)c2)c1. The van der Waals surface area contributed by atoms with Crippen LogP contribution in [-0.2, 0) is 12.3 Å². The second-order valence-electron chi connectivity index (χ2n) is 6.34. The normalized spacial score (nSPS) is 10.3. The van der Waals surface area contributed by atoms with Crippen molar-refractivity contribution in [2.24, 2.45) is 0 Å². The molecule has 0 aliphatic rings. The van der Waals surface area contributed by atoms with E-state index in [0.29, 0.717) is 17.7 Å². The van der Waals surface area contributed by atoms with Crippen LogP contribution in [0.15, 0.2) is 78.9 Å². The van der Waals surface area contributed by atoms with Gasteiger partial charge >= 0.3 is 0 Å². The monoisotopic (exact) mass is 390 g/mol. The number of hydrogen-bond acceptors (Lipinski definition) is 3. The lowest BCUT2D eigenvalue weighted by Gasteiger charge is -2.09. The fourth-order valence-electron chi connectivity index (χ4n) is 2.80. The van der Waals surface area contributed by atoms with Gasteiger partial charge in [0.1, 0.15) is 0 Å². The second-order valence-corrected chi connectivity index (χ2v) is 7.20. The smallest absolute Gasteiger partial charge is 0.255 e. The Bertz CT molecular complexity index is 958. The van der Waals surface area contributed by atoms with Crippen molar-refractivity contribution in [2.75, 3.05) is 11.6 Å². The first-order valence-electron chi connectivity index (χ1n) is 8.97. The van der Waals surface area contributed by atoms with E-state index in [1.165, 1.54) is 0 Å². The molecule has 5 heteroatoms. The van der Waals surface area contributed by atoms with E-state index < -0.39 is 0 Å². The standard InChI is InChI=1S/C23H22N2O2S/c1-28-16-18-8-6-9-19(14-18)22(26)24-15-17-7-5-10-20(13-17)23(27)25-21-11-3-2-4-12-21/h2-14H,15-16H2,1H3,(H,24,26)(H,25,27). The average Bonchev–Trinajstić information content (AvgIpc) is 2.73. The lowest BCUT2D eigenvalue weighted by Crippen LogP contribution is -2.23. The number of rotatable bonds is 7. The van der Waals surface area contributed by atoms with Crippen LogP contribution in [0.1, 0.15) is 31.8 Å². The molecule has 0 bridgehead atoms. The summed E-state index contributed by atoms with van der Waals surface area (Å²) < 4.78 is 0. The van der Waals surface area contributed by atoms with Gasteiger partial charge < -0.3 is 10.6 Å². The van der Waals surface area contributed by atoms with Crippen LogP contribution in [0.2, 0.25) is 0 Å². The van der Waals surface area contributed by atoms with E-state index in [1.807, 2.05) is 73.0 Å². The molecule has 0 aliphatic heterocycles. The van der Waals surface area contributed by atoms with E-state index in [2.05, 4.69) is 10.6 Å². The molecular formula is C23H22N2O2S. The van der Waals surface area contributed by atoms with Crippen molar-refractivity contribution in [3.63, 3.8) is 0 Å². The van der Waals surface area contributed by atoms with Crippen molar-refractivity contribution in [1.82, 2.24) is 5.32 Å². The lowest BCUT2D eigenvalue weighted by atomic mass is 10.1. The Balaban J connectivity index is 1.62. The molecule has 0 radical (unpaired) electrons. The zero-order valence-corrected chi connectivity index (χ0v) is 16.5. The van der Waals surface area contributed by atoms with Crippen molar-refractivity contribution in [1.29, 1.82) is 0 Å². The van der Waals surface area contributed by atoms with Crippen molar-refractivity contribution in [3.05, 3.63) is 101 Å². The number of thioether (sulfide) groups is 1. The summed E-state index contributed by atoms with van der Waals surface area (Å²) in [7, 11) is 0. The van der Waals surface area contributed by atoms with Gasteiger partial charge in [0.15, 0.2) is 0 Å². The van der Waals surface area contributed by atoms with Gasteiger partial charge in [0, 0.05) is 29.1 Å². The molecule has 2 amide bonds. The fourth-order valence-corrected chi connectivity index (χ4v) is 3.31. The number of nitrogens with one attached hydrogen (secondary N) is 2. The van der Waals surface area contributed by atoms with E-state index in [9.17, 15) is 9.59 Å². The third-order valence-corrected chi connectivity index (χ3v) is 4.80. The summed E-state index contributed by atoms with van der Waals surface area (Å²) in [4.78, 5) is 24.9. The minimum atomic E-state index is -0.177. The van der Waals surface area contributed by atoms with E-state index in [-0.39, 0.29) is 11.8 Å². The number of benzene rings is 3. The van der Waals surface area contributed by atoms with Crippen LogP contribution < -0.4 is 10.6 Å². The summed E-state index contributed by atoms with van der Waals surface area (Å²) in [6.45, 7) is 0.359. The number of para-hydroxylation sites is 1. The van der Waals surface area contributed by atoms with Crippen LogP contribution >= 0.6 is 11.8 Å². The van der Waals surface area contributed by atoms with E-state index in [4.69, 9.17) is 0 Å². The first-order valence-corrected chi connectivity index (χ1v) is 10.4.